The van der Waals surface area contributed by atoms with Gasteiger partial charge < -0.3 is 4.90 Å². The van der Waals surface area contributed by atoms with Gasteiger partial charge in [-0.2, -0.15) is 5.26 Å². The van der Waals surface area contributed by atoms with Gasteiger partial charge in [-0.25, -0.2) is 0 Å². The molecular formula is C16H22N2O. The van der Waals surface area contributed by atoms with E-state index >= 15 is 0 Å². The molecule has 0 heterocycles. The molecule has 1 unspecified atom stereocenters. The van der Waals surface area contributed by atoms with Gasteiger partial charge in [0, 0.05) is 13.5 Å². The molecule has 19 heavy (non-hydrogen) atoms. The van der Waals surface area contributed by atoms with Gasteiger partial charge >= 0.3 is 0 Å². The van der Waals surface area contributed by atoms with E-state index in [0.717, 1.165) is 18.4 Å². The number of hydrogen-bond acceptors (Lipinski definition) is 2. The summed E-state index contributed by atoms with van der Waals surface area (Å²) in [4.78, 5) is 13.4. The summed E-state index contributed by atoms with van der Waals surface area (Å²) in [6, 6.07) is 11.3. The zero-order chi connectivity index (χ0) is 14.1. The van der Waals surface area contributed by atoms with E-state index in [2.05, 4.69) is 13.0 Å². The van der Waals surface area contributed by atoms with Gasteiger partial charge in [-0.05, 0) is 12.0 Å². The third kappa shape index (κ3) is 4.75. The molecule has 0 aliphatic heterocycles. The molecule has 0 radical (unpaired) electrons. The van der Waals surface area contributed by atoms with Gasteiger partial charge in [0.2, 0.25) is 5.91 Å². The largest absolute Gasteiger partial charge is 0.323 e. The molecular weight excluding hydrogens is 236 g/mol. The van der Waals surface area contributed by atoms with Crippen LogP contribution in [0.1, 0.15) is 51.1 Å². The molecule has 1 aromatic carbocycles. The van der Waals surface area contributed by atoms with Crippen molar-refractivity contribution in [2.45, 2.75) is 45.6 Å². The van der Waals surface area contributed by atoms with Gasteiger partial charge in [-0.1, -0.05) is 56.5 Å². The van der Waals surface area contributed by atoms with Gasteiger partial charge in [-0.3, -0.25) is 4.79 Å². The van der Waals surface area contributed by atoms with Gasteiger partial charge in [0.25, 0.3) is 0 Å². The normalized spacial score (nSPS) is 11.6. The monoisotopic (exact) mass is 258 g/mol. The van der Waals surface area contributed by atoms with Crippen LogP contribution < -0.4 is 0 Å². The second kappa shape index (κ2) is 8.31. The molecule has 0 aromatic heterocycles. The number of nitrogens with zero attached hydrogens (tertiary/aromatic N) is 2. The van der Waals surface area contributed by atoms with E-state index in [1.54, 1.807) is 4.90 Å². The Bertz CT molecular complexity index is 422. The SMILES string of the molecule is CCCCCCN(C(C)=O)C(C#N)c1ccccc1. The van der Waals surface area contributed by atoms with E-state index in [-0.39, 0.29) is 5.91 Å². The lowest BCUT2D eigenvalue weighted by Crippen LogP contribution is -2.33. The van der Waals surface area contributed by atoms with Gasteiger partial charge in [0.15, 0.2) is 0 Å². The molecule has 1 rings (SSSR count). The molecule has 3 heteroatoms. The smallest absolute Gasteiger partial charge is 0.220 e. The fourth-order valence-corrected chi connectivity index (χ4v) is 2.14. The molecule has 1 amide bonds. The van der Waals surface area contributed by atoms with Crippen molar-refractivity contribution < 1.29 is 4.79 Å². The van der Waals surface area contributed by atoms with E-state index in [4.69, 9.17) is 0 Å². The maximum absolute atomic E-state index is 11.8. The molecule has 0 aliphatic rings. The Labute approximate surface area is 115 Å². The van der Waals surface area contributed by atoms with Crippen molar-refractivity contribution in [2.24, 2.45) is 0 Å². The Hall–Kier alpha value is -1.82. The third-order valence-electron chi connectivity index (χ3n) is 3.21. The Morgan fingerprint density at radius 2 is 1.95 bits per heavy atom. The van der Waals surface area contributed by atoms with Crippen LogP contribution in [0.2, 0.25) is 0 Å². The number of carbonyl (C=O) groups is 1. The van der Waals surface area contributed by atoms with Crippen LogP contribution in [-0.4, -0.2) is 17.4 Å². The maximum atomic E-state index is 11.8. The maximum Gasteiger partial charge on any atom is 0.220 e. The van der Waals surface area contributed by atoms with Gasteiger partial charge in [-0.15, -0.1) is 0 Å². The molecule has 0 bridgehead atoms. The zero-order valence-corrected chi connectivity index (χ0v) is 11.8. The van der Waals surface area contributed by atoms with Crippen molar-refractivity contribution in [2.75, 3.05) is 6.54 Å². The van der Waals surface area contributed by atoms with Gasteiger partial charge in [0.05, 0.1) is 6.07 Å². The number of benzene rings is 1. The predicted molar refractivity (Wildman–Crippen MR) is 76.3 cm³/mol. The van der Waals surface area contributed by atoms with Crippen LogP contribution in [0.3, 0.4) is 0 Å². The first-order valence-electron chi connectivity index (χ1n) is 6.92. The van der Waals surface area contributed by atoms with Gasteiger partial charge in [0.1, 0.15) is 6.04 Å². The highest BCUT2D eigenvalue weighted by Crippen LogP contribution is 2.20. The number of amides is 1. The number of carbonyl (C=O) groups excluding carboxylic acids is 1. The molecule has 0 N–H and O–H groups in total. The summed E-state index contributed by atoms with van der Waals surface area (Å²) in [7, 11) is 0. The van der Waals surface area contributed by atoms with Crippen molar-refractivity contribution >= 4 is 5.91 Å². The minimum absolute atomic E-state index is 0.0353. The summed E-state index contributed by atoms with van der Waals surface area (Å²) in [6.45, 7) is 4.35. The fourth-order valence-electron chi connectivity index (χ4n) is 2.14. The van der Waals surface area contributed by atoms with Crippen LogP contribution in [0.25, 0.3) is 0 Å². The van der Waals surface area contributed by atoms with E-state index in [9.17, 15) is 10.1 Å². The van der Waals surface area contributed by atoms with Crippen LogP contribution in [0.4, 0.5) is 0 Å². The predicted octanol–water partition coefficient (Wildman–Crippen LogP) is 3.68. The first kappa shape index (κ1) is 15.2. The first-order valence-corrected chi connectivity index (χ1v) is 6.92. The standard InChI is InChI=1S/C16H22N2O/c1-3-4-5-9-12-18(14(2)19)16(13-17)15-10-7-6-8-11-15/h6-8,10-11,16H,3-5,9,12H2,1-2H3. The third-order valence-corrected chi connectivity index (χ3v) is 3.21. The van der Waals surface area contributed by atoms with Crippen molar-refractivity contribution in [3.63, 3.8) is 0 Å². The molecule has 0 spiro atoms. The van der Waals surface area contributed by atoms with E-state index < -0.39 is 6.04 Å². The van der Waals surface area contributed by atoms with Crippen molar-refractivity contribution in [3.8, 4) is 6.07 Å². The highest BCUT2D eigenvalue weighted by Gasteiger charge is 2.21. The Morgan fingerprint density at radius 1 is 1.26 bits per heavy atom. The molecule has 102 valence electrons. The van der Waals surface area contributed by atoms with E-state index in [0.29, 0.717) is 6.54 Å². The van der Waals surface area contributed by atoms with Crippen LogP contribution in [0, 0.1) is 11.3 Å². The Kier molecular flexibility index (Phi) is 6.67. The van der Waals surface area contributed by atoms with E-state index in [1.807, 2.05) is 30.3 Å². The molecule has 1 aromatic rings. The first-order chi connectivity index (χ1) is 9.20. The average Bonchev–Trinajstić information content (AvgIpc) is 2.43. The Balaban J connectivity index is 2.73. The minimum Gasteiger partial charge on any atom is -0.323 e. The number of unbranched alkanes of at least 4 members (excludes halogenated alkanes) is 3. The van der Waals surface area contributed by atoms with Crippen LogP contribution in [0.5, 0.6) is 0 Å². The molecule has 0 saturated carbocycles. The van der Waals surface area contributed by atoms with Crippen molar-refractivity contribution in [1.29, 1.82) is 5.26 Å². The summed E-state index contributed by atoms with van der Waals surface area (Å²) in [5.74, 6) is -0.0353. The minimum atomic E-state index is -0.472. The number of rotatable bonds is 7. The molecule has 0 saturated heterocycles. The molecule has 1 atom stereocenters. The summed E-state index contributed by atoms with van der Waals surface area (Å²) in [5.41, 5.74) is 0.885. The second-order valence-electron chi connectivity index (χ2n) is 4.72. The average molecular weight is 258 g/mol. The number of nitriles is 1. The fraction of sp³-hybridized carbons (Fsp3) is 0.500. The molecule has 0 aliphatic carbocycles. The molecule has 0 fully saturated rings. The van der Waals surface area contributed by atoms with Crippen LogP contribution in [-0.2, 0) is 4.79 Å². The lowest BCUT2D eigenvalue weighted by atomic mass is 10.1. The zero-order valence-electron chi connectivity index (χ0n) is 11.8. The van der Waals surface area contributed by atoms with Crippen LogP contribution >= 0.6 is 0 Å². The quantitative estimate of drug-likeness (QED) is 0.700. The Morgan fingerprint density at radius 3 is 2.47 bits per heavy atom. The summed E-state index contributed by atoms with van der Waals surface area (Å²) < 4.78 is 0. The lowest BCUT2D eigenvalue weighted by Gasteiger charge is -2.26. The topological polar surface area (TPSA) is 44.1 Å². The van der Waals surface area contributed by atoms with Crippen LogP contribution in [0.15, 0.2) is 30.3 Å². The lowest BCUT2D eigenvalue weighted by molar-refractivity contribution is -0.130. The van der Waals surface area contributed by atoms with E-state index in [1.165, 1.54) is 19.8 Å². The highest BCUT2D eigenvalue weighted by molar-refractivity contribution is 5.74. The van der Waals surface area contributed by atoms with Crippen molar-refractivity contribution in [1.82, 2.24) is 4.90 Å². The molecule has 3 nitrogen and oxygen atoms in total. The summed E-state index contributed by atoms with van der Waals surface area (Å²) in [5, 5.41) is 9.36. The second-order valence-corrected chi connectivity index (χ2v) is 4.72. The summed E-state index contributed by atoms with van der Waals surface area (Å²) in [6.07, 6.45) is 4.40. The summed E-state index contributed by atoms with van der Waals surface area (Å²) >= 11 is 0. The number of hydrogen-bond donors (Lipinski definition) is 0. The highest BCUT2D eigenvalue weighted by atomic mass is 16.2. The van der Waals surface area contributed by atoms with Crippen molar-refractivity contribution in [3.05, 3.63) is 35.9 Å².